The number of carbonyl (C=O) groups excluding carboxylic acids is 1. The van der Waals surface area contributed by atoms with Crippen LogP contribution >= 0.6 is 0 Å². The monoisotopic (exact) mass is 429 g/mol. The van der Waals surface area contributed by atoms with Crippen molar-refractivity contribution in [3.8, 4) is 5.75 Å². The summed E-state index contributed by atoms with van der Waals surface area (Å²) in [5.41, 5.74) is 2.57. The summed E-state index contributed by atoms with van der Waals surface area (Å²) in [7, 11) is -1.73. The molecule has 0 bridgehead atoms. The highest BCUT2D eigenvalue weighted by Gasteiger charge is 2.13. The number of aromatic nitrogens is 1. The largest absolute Gasteiger partial charge is 0.497 e. The number of hydrogen-bond donors (Lipinski definition) is 2. The van der Waals surface area contributed by atoms with Crippen molar-refractivity contribution >= 4 is 26.8 Å². The quantitative estimate of drug-likeness (QED) is 0.547. The van der Waals surface area contributed by atoms with Gasteiger partial charge in [0.05, 0.1) is 12.9 Å². The SMILES string of the molecule is COc1ccc2c(ccn2CC(=O)NCc2ccc(CS(=O)(=O)NC(C)C)cc2)c1. The van der Waals surface area contributed by atoms with Gasteiger partial charge in [0.25, 0.3) is 0 Å². The molecule has 0 aliphatic heterocycles. The van der Waals surface area contributed by atoms with Gasteiger partial charge in [-0.15, -0.1) is 0 Å². The van der Waals surface area contributed by atoms with Crippen LogP contribution in [0, 0.1) is 0 Å². The molecule has 2 aromatic carbocycles. The first-order chi connectivity index (χ1) is 14.3. The van der Waals surface area contributed by atoms with Crippen LogP contribution in [0.15, 0.2) is 54.7 Å². The van der Waals surface area contributed by atoms with Crippen LogP contribution in [0.5, 0.6) is 5.75 Å². The molecule has 0 radical (unpaired) electrons. The van der Waals surface area contributed by atoms with Crippen LogP contribution in [0.4, 0.5) is 0 Å². The highest BCUT2D eigenvalue weighted by atomic mass is 32.2. The molecule has 0 spiro atoms. The molecule has 3 rings (SSSR count). The summed E-state index contributed by atoms with van der Waals surface area (Å²) in [6.07, 6.45) is 1.88. The highest BCUT2D eigenvalue weighted by molar-refractivity contribution is 7.88. The first kappa shape index (κ1) is 21.9. The number of carbonyl (C=O) groups is 1. The summed E-state index contributed by atoms with van der Waals surface area (Å²) in [6.45, 7) is 4.17. The maximum absolute atomic E-state index is 12.4. The van der Waals surface area contributed by atoms with Crippen molar-refractivity contribution < 1.29 is 17.9 Å². The van der Waals surface area contributed by atoms with Crippen molar-refractivity contribution in [2.24, 2.45) is 0 Å². The molecule has 1 heterocycles. The van der Waals surface area contributed by atoms with Gasteiger partial charge in [0.2, 0.25) is 15.9 Å². The van der Waals surface area contributed by atoms with Crippen LogP contribution < -0.4 is 14.8 Å². The molecule has 7 nitrogen and oxygen atoms in total. The molecule has 1 amide bonds. The number of rotatable bonds is 9. The van der Waals surface area contributed by atoms with Gasteiger partial charge < -0.3 is 14.6 Å². The van der Waals surface area contributed by atoms with E-state index in [1.54, 1.807) is 33.1 Å². The molecule has 0 saturated carbocycles. The second-order valence-electron chi connectivity index (χ2n) is 7.49. The van der Waals surface area contributed by atoms with Gasteiger partial charge in [-0.05, 0) is 49.2 Å². The minimum Gasteiger partial charge on any atom is -0.497 e. The van der Waals surface area contributed by atoms with E-state index in [0.717, 1.165) is 22.2 Å². The molecule has 0 aliphatic rings. The van der Waals surface area contributed by atoms with Gasteiger partial charge in [-0.3, -0.25) is 4.79 Å². The van der Waals surface area contributed by atoms with E-state index < -0.39 is 10.0 Å². The average molecular weight is 430 g/mol. The number of amides is 1. The van der Waals surface area contributed by atoms with Gasteiger partial charge in [-0.1, -0.05) is 24.3 Å². The molecule has 0 fully saturated rings. The Labute approximate surface area is 177 Å². The Balaban J connectivity index is 1.55. The fourth-order valence-corrected chi connectivity index (χ4v) is 4.66. The summed E-state index contributed by atoms with van der Waals surface area (Å²) >= 11 is 0. The van der Waals surface area contributed by atoms with Crippen LogP contribution in [0.1, 0.15) is 25.0 Å². The van der Waals surface area contributed by atoms with Crippen molar-refractivity contribution in [2.45, 2.75) is 38.7 Å². The summed E-state index contributed by atoms with van der Waals surface area (Å²) in [6, 6.07) is 14.8. The molecule has 8 heteroatoms. The molecule has 160 valence electrons. The Bertz CT molecular complexity index is 1120. The van der Waals surface area contributed by atoms with E-state index in [4.69, 9.17) is 4.74 Å². The number of benzene rings is 2. The Morgan fingerprint density at radius 3 is 2.43 bits per heavy atom. The molecule has 3 aromatic rings. The van der Waals surface area contributed by atoms with Crippen LogP contribution in [0.25, 0.3) is 10.9 Å². The standard InChI is InChI=1S/C22H27N3O4S/c1-16(2)24-30(27,28)15-18-6-4-17(5-7-18)13-23-22(26)14-25-11-10-19-12-20(29-3)8-9-21(19)25/h4-12,16,24H,13-15H2,1-3H3,(H,23,26). The molecule has 0 aliphatic carbocycles. The normalized spacial score (nSPS) is 11.7. The van der Waals surface area contributed by atoms with Gasteiger partial charge in [-0.25, -0.2) is 13.1 Å². The maximum atomic E-state index is 12.4. The van der Waals surface area contributed by atoms with E-state index in [9.17, 15) is 13.2 Å². The van der Waals surface area contributed by atoms with Gasteiger partial charge in [0.1, 0.15) is 12.3 Å². The van der Waals surface area contributed by atoms with E-state index in [1.807, 2.05) is 47.2 Å². The number of fused-ring (bicyclic) bond motifs is 1. The first-order valence-corrected chi connectivity index (χ1v) is 11.4. The number of nitrogens with one attached hydrogen (secondary N) is 2. The lowest BCUT2D eigenvalue weighted by Gasteiger charge is -2.10. The summed E-state index contributed by atoms with van der Waals surface area (Å²) in [5.74, 6) is 0.612. The number of hydrogen-bond acceptors (Lipinski definition) is 4. The predicted molar refractivity (Wildman–Crippen MR) is 118 cm³/mol. The van der Waals surface area contributed by atoms with Gasteiger partial charge in [0.15, 0.2) is 0 Å². The van der Waals surface area contributed by atoms with E-state index in [1.165, 1.54) is 0 Å². The lowest BCUT2D eigenvalue weighted by Crippen LogP contribution is -2.31. The third-order valence-corrected chi connectivity index (χ3v) is 6.12. The molecule has 0 atom stereocenters. The zero-order valence-corrected chi connectivity index (χ0v) is 18.2. The van der Waals surface area contributed by atoms with Gasteiger partial charge >= 0.3 is 0 Å². The number of ether oxygens (including phenoxy) is 1. The Morgan fingerprint density at radius 1 is 1.07 bits per heavy atom. The van der Waals surface area contributed by atoms with Crippen molar-refractivity contribution in [3.63, 3.8) is 0 Å². The minimum absolute atomic E-state index is 0.0662. The van der Waals surface area contributed by atoms with Gasteiger partial charge in [-0.2, -0.15) is 0 Å². The van der Waals surface area contributed by atoms with Crippen molar-refractivity contribution in [2.75, 3.05) is 7.11 Å². The summed E-state index contributed by atoms with van der Waals surface area (Å²) in [5, 5.41) is 3.92. The van der Waals surface area contributed by atoms with E-state index in [-0.39, 0.29) is 24.2 Å². The summed E-state index contributed by atoms with van der Waals surface area (Å²) < 4.78 is 33.7. The highest BCUT2D eigenvalue weighted by Crippen LogP contribution is 2.21. The predicted octanol–water partition coefficient (Wildman–Crippen LogP) is 2.79. The summed E-state index contributed by atoms with van der Waals surface area (Å²) in [4.78, 5) is 12.4. The molecule has 30 heavy (non-hydrogen) atoms. The van der Waals surface area contributed by atoms with Crippen molar-refractivity contribution in [3.05, 3.63) is 65.9 Å². The van der Waals surface area contributed by atoms with Crippen LogP contribution in [-0.4, -0.2) is 32.0 Å². The molecule has 0 unspecified atom stereocenters. The van der Waals surface area contributed by atoms with E-state index >= 15 is 0 Å². The number of sulfonamides is 1. The third-order valence-electron chi connectivity index (χ3n) is 4.58. The number of methoxy groups -OCH3 is 1. The third kappa shape index (κ3) is 5.84. The average Bonchev–Trinajstić information content (AvgIpc) is 3.08. The minimum atomic E-state index is -3.35. The topological polar surface area (TPSA) is 89.4 Å². The second kappa shape index (κ2) is 9.32. The van der Waals surface area contributed by atoms with Crippen molar-refractivity contribution in [1.82, 2.24) is 14.6 Å². The lowest BCUT2D eigenvalue weighted by atomic mass is 10.1. The van der Waals surface area contributed by atoms with Crippen molar-refractivity contribution in [1.29, 1.82) is 0 Å². The van der Waals surface area contributed by atoms with E-state index in [2.05, 4.69) is 10.0 Å². The smallest absolute Gasteiger partial charge is 0.240 e. The number of nitrogens with zero attached hydrogens (tertiary/aromatic N) is 1. The lowest BCUT2D eigenvalue weighted by molar-refractivity contribution is -0.121. The Kier molecular flexibility index (Phi) is 6.79. The van der Waals surface area contributed by atoms with Crippen LogP contribution in [0.3, 0.4) is 0 Å². The molecule has 1 aromatic heterocycles. The Morgan fingerprint density at radius 2 is 1.77 bits per heavy atom. The van der Waals surface area contributed by atoms with Crippen LogP contribution in [0.2, 0.25) is 0 Å². The Hall–Kier alpha value is -2.84. The fourth-order valence-electron chi connectivity index (χ4n) is 3.23. The first-order valence-electron chi connectivity index (χ1n) is 9.73. The molecular weight excluding hydrogens is 402 g/mol. The fraction of sp³-hybridized carbons (Fsp3) is 0.318. The van der Waals surface area contributed by atoms with Crippen LogP contribution in [-0.2, 0) is 33.7 Å². The molecule has 0 saturated heterocycles. The molecule has 2 N–H and O–H groups in total. The molecular formula is C22H27N3O4S. The second-order valence-corrected chi connectivity index (χ2v) is 9.25. The zero-order valence-electron chi connectivity index (χ0n) is 17.4. The zero-order chi connectivity index (χ0) is 21.7. The van der Waals surface area contributed by atoms with E-state index in [0.29, 0.717) is 12.1 Å². The maximum Gasteiger partial charge on any atom is 0.240 e. The van der Waals surface area contributed by atoms with Gasteiger partial charge in [0, 0.05) is 29.7 Å².